The molecule has 2 aromatic heterocycles. The predicted molar refractivity (Wildman–Crippen MR) is 121 cm³/mol. The van der Waals surface area contributed by atoms with E-state index in [2.05, 4.69) is 20.3 Å². The summed E-state index contributed by atoms with van der Waals surface area (Å²) >= 11 is 0.121. The first-order valence-corrected chi connectivity index (χ1v) is 12.4. The molecule has 1 fully saturated rings. The molecule has 1 aliphatic heterocycles. The topological polar surface area (TPSA) is 108 Å². The quantitative estimate of drug-likeness (QED) is 0.315. The number of ether oxygens (including phenoxy) is 2. The van der Waals surface area contributed by atoms with Crippen LogP contribution in [0, 0.1) is 0 Å². The third kappa shape index (κ3) is 4.63. The molecular formula is C23H19N5O4Se. The third-order valence-electron chi connectivity index (χ3n) is 5.03. The van der Waals surface area contributed by atoms with Crippen LogP contribution in [0.4, 0.5) is 5.82 Å². The number of amides is 1. The molecule has 1 saturated heterocycles. The second kappa shape index (κ2) is 9.50. The van der Waals surface area contributed by atoms with Crippen molar-refractivity contribution in [3.8, 4) is 0 Å². The first kappa shape index (κ1) is 21.3. The average molecular weight is 508 g/mol. The Morgan fingerprint density at radius 2 is 1.76 bits per heavy atom. The molecule has 1 N–H and O–H groups in total. The van der Waals surface area contributed by atoms with E-state index in [1.165, 1.54) is 6.33 Å². The van der Waals surface area contributed by atoms with E-state index in [1.807, 2.05) is 16.7 Å². The number of nitrogens with one attached hydrogen (secondary N) is 1. The zero-order chi connectivity index (χ0) is 22.6. The molecule has 0 unspecified atom stereocenters. The van der Waals surface area contributed by atoms with Crippen LogP contribution in [0.15, 0.2) is 73.3 Å². The van der Waals surface area contributed by atoms with Crippen molar-refractivity contribution in [1.82, 2.24) is 19.5 Å². The fraction of sp³-hybridized carbons (Fsp3) is 0.174. The van der Waals surface area contributed by atoms with Crippen LogP contribution in [0.2, 0.25) is 5.32 Å². The van der Waals surface area contributed by atoms with Crippen LogP contribution >= 0.6 is 0 Å². The van der Waals surface area contributed by atoms with E-state index >= 15 is 0 Å². The van der Waals surface area contributed by atoms with Crippen LogP contribution in [-0.2, 0) is 9.47 Å². The third-order valence-corrected chi connectivity index (χ3v) is 7.33. The molecular weight excluding hydrogens is 489 g/mol. The second-order valence-corrected chi connectivity index (χ2v) is 9.69. The van der Waals surface area contributed by atoms with E-state index in [0.29, 0.717) is 28.1 Å². The zero-order valence-corrected chi connectivity index (χ0v) is 19.0. The molecule has 10 heteroatoms. The Bertz CT molecular complexity index is 1280. The monoisotopic (exact) mass is 509 g/mol. The molecule has 9 nitrogen and oxygen atoms in total. The van der Waals surface area contributed by atoms with Crippen molar-refractivity contribution >= 4 is 43.8 Å². The minimum atomic E-state index is -0.363. The maximum absolute atomic E-state index is 12.5. The van der Waals surface area contributed by atoms with Gasteiger partial charge in [-0.1, -0.05) is 0 Å². The van der Waals surface area contributed by atoms with E-state index in [0.717, 1.165) is 5.32 Å². The molecule has 0 spiro atoms. The first-order chi connectivity index (χ1) is 16.2. The summed E-state index contributed by atoms with van der Waals surface area (Å²) in [6.45, 7) is 0.199. The summed E-state index contributed by atoms with van der Waals surface area (Å²) in [7, 11) is 0. The zero-order valence-electron chi connectivity index (χ0n) is 17.3. The van der Waals surface area contributed by atoms with Crippen molar-refractivity contribution < 1.29 is 19.1 Å². The van der Waals surface area contributed by atoms with Gasteiger partial charge < -0.3 is 0 Å². The van der Waals surface area contributed by atoms with Gasteiger partial charge in [-0.2, -0.15) is 0 Å². The first-order valence-electron chi connectivity index (χ1n) is 10.2. The molecule has 0 bridgehead atoms. The van der Waals surface area contributed by atoms with Gasteiger partial charge in [-0.15, -0.1) is 0 Å². The number of carbonyl (C=O) groups is 2. The van der Waals surface area contributed by atoms with E-state index in [9.17, 15) is 9.59 Å². The Morgan fingerprint density at radius 1 is 1.03 bits per heavy atom. The maximum atomic E-state index is 12.5. The van der Waals surface area contributed by atoms with E-state index in [4.69, 9.17) is 9.47 Å². The van der Waals surface area contributed by atoms with E-state index < -0.39 is 0 Å². The van der Waals surface area contributed by atoms with Crippen LogP contribution in [0.5, 0.6) is 0 Å². The van der Waals surface area contributed by atoms with Crippen molar-refractivity contribution in [3.63, 3.8) is 0 Å². The number of carbonyl (C=O) groups excluding carboxylic acids is 2. The molecule has 0 saturated carbocycles. The van der Waals surface area contributed by atoms with Crippen LogP contribution < -0.4 is 5.32 Å². The number of hydrogen-bond acceptors (Lipinski definition) is 7. The second-order valence-electron chi connectivity index (χ2n) is 7.18. The predicted octanol–water partition coefficient (Wildman–Crippen LogP) is 2.91. The van der Waals surface area contributed by atoms with Crippen molar-refractivity contribution in [3.05, 3.63) is 84.4 Å². The van der Waals surface area contributed by atoms with E-state index in [-0.39, 0.29) is 44.7 Å². The van der Waals surface area contributed by atoms with Crippen molar-refractivity contribution in [2.24, 2.45) is 0 Å². The number of esters is 1. The summed E-state index contributed by atoms with van der Waals surface area (Å²) in [5, 5.41) is 3.42. The molecule has 2 atom stereocenters. The Kier molecular flexibility index (Phi) is 6.12. The fourth-order valence-corrected chi connectivity index (χ4v) is 5.48. The van der Waals surface area contributed by atoms with Gasteiger partial charge in [0.05, 0.1) is 0 Å². The molecule has 1 aliphatic rings. The van der Waals surface area contributed by atoms with Gasteiger partial charge in [0.2, 0.25) is 0 Å². The van der Waals surface area contributed by atoms with Gasteiger partial charge in [0, 0.05) is 0 Å². The van der Waals surface area contributed by atoms with Crippen LogP contribution in [-0.4, -0.2) is 58.0 Å². The molecule has 166 valence electrons. The Balaban J connectivity index is 1.26. The molecule has 0 radical (unpaired) electrons. The number of imidazole rings is 1. The molecule has 1 amide bonds. The number of hydrogen-bond donors (Lipinski definition) is 1. The van der Waals surface area contributed by atoms with Gasteiger partial charge in [-0.3, -0.25) is 0 Å². The van der Waals surface area contributed by atoms with Crippen molar-refractivity contribution in [2.45, 2.75) is 16.5 Å². The molecule has 2 aromatic carbocycles. The average Bonchev–Trinajstić information content (AvgIpc) is 3.51. The Labute approximate surface area is 195 Å². The summed E-state index contributed by atoms with van der Waals surface area (Å²) in [5.41, 5.74) is 2.09. The number of fused-ring (bicyclic) bond motifs is 1. The summed E-state index contributed by atoms with van der Waals surface area (Å²) < 4.78 is 13.4. The minimum absolute atomic E-state index is 0.121. The summed E-state index contributed by atoms with van der Waals surface area (Å²) in [6, 6.07) is 17.8. The number of nitrogens with zero attached hydrogens (tertiary/aromatic N) is 4. The number of anilines is 1. The number of benzene rings is 2. The SMILES string of the molecule is O=C(Nc1ncnc2c1ncn2[C@H]1C[Se][C@@H](COC(=O)c2ccccc2)O1)c1ccccc1. The van der Waals surface area contributed by atoms with Crippen LogP contribution in [0.3, 0.4) is 0 Å². The normalized spacial score (nSPS) is 17.7. The summed E-state index contributed by atoms with van der Waals surface area (Å²) in [5.74, 6) is -0.298. The van der Waals surface area contributed by atoms with E-state index in [1.54, 1.807) is 54.9 Å². The van der Waals surface area contributed by atoms with Gasteiger partial charge in [0.15, 0.2) is 0 Å². The van der Waals surface area contributed by atoms with Crippen molar-refractivity contribution in [2.75, 3.05) is 11.9 Å². The van der Waals surface area contributed by atoms with Gasteiger partial charge >= 0.3 is 195 Å². The summed E-state index contributed by atoms with van der Waals surface area (Å²) in [4.78, 5) is 37.7. The molecule has 4 aromatic rings. The molecule has 3 heterocycles. The van der Waals surface area contributed by atoms with Gasteiger partial charge in [0.25, 0.3) is 0 Å². The van der Waals surface area contributed by atoms with Crippen LogP contribution in [0.25, 0.3) is 11.2 Å². The number of aromatic nitrogens is 4. The molecule has 5 rings (SSSR count). The molecule has 0 aliphatic carbocycles. The summed E-state index contributed by atoms with van der Waals surface area (Å²) in [6.07, 6.45) is 2.75. The standard InChI is InChI=1S/C23H19N5O4Se/c29-22(15-7-3-1-4-8-15)27-20-19-21(25-13-24-20)28(14-26-19)17-12-33-18(32-17)11-31-23(30)16-9-5-2-6-10-16/h1-10,13-14,17-18H,11-12H2,(H,24,25,27,29)/t17-,18+/m1/s1. The van der Waals surface area contributed by atoms with Crippen molar-refractivity contribution in [1.29, 1.82) is 0 Å². The fourth-order valence-electron chi connectivity index (χ4n) is 3.40. The number of rotatable bonds is 6. The Hall–Kier alpha value is -3.59. The van der Waals surface area contributed by atoms with Gasteiger partial charge in [-0.25, -0.2) is 0 Å². The molecule has 33 heavy (non-hydrogen) atoms. The van der Waals surface area contributed by atoms with Gasteiger partial charge in [-0.05, 0) is 0 Å². The Morgan fingerprint density at radius 3 is 2.52 bits per heavy atom. The van der Waals surface area contributed by atoms with Gasteiger partial charge in [0.1, 0.15) is 0 Å². The van der Waals surface area contributed by atoms with Crippen LogP contribution in [0.1, 0.15) is 26.9 Å².